The third-order valence-corrected chi connectivity index (χ3v) is 2.96. The topological polar surface area (TPSA) is 94.1 Å². The zero-order chi connectivity index (χ0) is 11.7. The predicted molar refractivity (Wildman–Crippen MR) is 66.2 cm³/mol. The van der Waals surface area contributed by atoms with Crippen LogP contribution in [0.3, 0.4) is 0 Å². The average Bonchev–Trinajstić information content (AvgIpc) is 2.64. The lowest BCUT2D eigenvalue weighted by Crippen LogP contribution is -2.21. The second kappa shape index (κ2) is 4.11. The third-order valence-electron chi connectivity index (χ3n) is 1.79. The molecule has 2 heterocycles. The van der Waals surface area contributed by atoms with Crippen molar-refractivity contribution in [2.45, 2.75) is 6.92 Å². The number of nitrogens with zero attached hydrogens (tertiary/aromatic N) is 4. The van der Waals surface area contributed by atoms with Crippen molar-refractivity contribution < 1.29 is 0 Å². The quantitative estimate of drug-likeness (QED) is 0.476. The van der Waals surface area contributed by atoms with Crippen LogP contribution in [0.1, 0.15) is 10.6 Å². The van der Waals surface area contributed by atoms with Crippen LogP contribution in [0.2, 0.25) is 5.15 Å². The van der Waals surface area contributed by atoms with Gasteiger partial charge in [0.25, 0.3) is 0 Å². The molecule has 0 atom stereocenters. The largest absolute Gasteiger partial charge is 0.369 e. The molecular weight excluding hydrogens is 248 g/mol. The molecule has 0 aromatic carbocycles. The number of thiazole rings is 1. The summed E-state index contributed by atoms with van der Waals surface area (Å²) in [6.45, 7) is 1.99. The number of hydrogen-bond donors (Lipinski definition) is 2. The Hall–Kier alpha value is -1.60. The fraction of sp³-hybridized carbons (Fsp3) is 0.125. The van der Waals surface area contributed by atoms with Crippen molar-refractivity contribution >= 4 is 40.1 Å². The van der Waals surface area contributed by atoms with E-state index in [9.17, 15) is 0 Å². The molecule has 0 spiro atoms. The maximum absolute atomic E-state index is 5.95. The molecule has 0 unspecified atom stereocenters. The molecule has 2 rings (SSSR count). The maximum atomic E-state index is 5.95. The van der Waals surface area contributed by atoms with Gasteiger partial charge in [-0.05, 0) is 6.92 Å². The van der Waals surface area contributed by atoms with Gasteiger partial charge in [-0.15, -0.1) is 16.4 Å². The number of halogens is 1. The Bertz CT molecular complexity index is 577. The van der Waals surface area contributed by atoms with Gasteiger partial charge in [0, 0.05) is 11.1 Å². The molecule has 16 heavy (non-hydrogen) atoms. The molecule has 6 nitrogen and oxygen atoms in total. The standard InChI is InChI=1S/C8H9ClN6S/c1-4-3-15-5(2-12-14-7(10)11)6(9)13-8(15)16-4/h2-3H,1H3,(H4,10,11,14)/b12-2-. The van der Waals surface area contributed by atoms with Crippen molar-refractivity contribution in [1.82, 2.24) is 9.38 Å². The fourth-order valence-corrected chi connectivity index (χ4v) is 2.31. The number of hydrogen-bond acceptors (Lipinski definition) is 4. The normalized spacial score (nSPS) is 11.4. The van der Waals surface area contributed by atoms with E-state index in [2.05, 4.69) is 15.2 Å². The average molecular weight is 257 g/mol. The van der Waals surface area contributed by atoms with Gasteiger partial charge in [-0.25, -0.2) is 4.98 Å². The van der Waals surface area contributed by atoms with E-state index in [-0.39, 0.29) is 5.96 Å². The van der Waals surface area contributed by atoms with E-state index in [0.29, 0.717) is 10.8 Å². The first kappa shape index (κ1) is 10.9. The van der Waals surface area contributed by atoms with Crippen LogP contribution >= 0.6 is 22.9 Å². The van der Waals surface area contributed by atoms with Crippen LogP contribution in [0.25, 0.3) is 4.96 Å². The number of guanidine groups is 1. The van der Waals surface area contributed by atoms with Gasteiger partial charge in [0.1, 0.15) is 5.69 Å². The summed E-state index contributed by atoms with van der Waals surface area (Å²) in [6, 6.07) is 0. The zero-order valence-electron chi connectivity index (χ0n) is 8.38. The Balaban J connectivity index is 2.46. The molecule has 0 fully saturated rings. The zero-order valence-corrected chi connectivity index (χ0v) is 9.96. The van der Waals surface area contributed by atoms with Crippen LogP contribution in [0, 0.1) is 6.92 Å². The minimum atomic E-state index is -0.102. The number of aryl methyl sites for hydroxylation is 1. The van der Waals surface area contributed by atoms with Crippen molar-refractivity contribution in [3.8, 4) is 0 Å². The van der Waals surface area contributed by atoms with Crippen molar-refractivity contribution in [1.29, 1.82) is 0 Å². The first-order chi connectivity index (χ1) is 7.58. The van der Waals surface area contributed by atoms with E-state index in [4.69, 9.17) is 23.1 Å². The van der Waals surface area contributed by atoms with Crippen molar-refractivity contribution in [2.24, 2.45) is 21.7 Å². The number of fused-ring (bicyclic) bond motifs is 1. The highest BCUT2D eigenvalue weighted by Crippen LogP contribution is 2.22. The Morgan fingerprint density at radius 3 is 3.06 bits per heavy atom. The van der Waals surface area contributed by atoms with Gasteiger partial charge in [-0.3, -0.25) is 4.40 Å². The Morgan fingerprint density at radius 1 is 1.62 bits per heavy atom. The highest BCUT2D eigenvalue weighted by atomic mass is 35.5. The van der Waals surface area contributed by atoms with Gasteiger partial charge >= 0.3 is 0 Å². The van der Waals surface area contributed by atoms with Crippen molar-refractivity contribution in [3.63, 3.8) is 0 Å². The molecule has 0 bridgehead atoms. The number of nitrogens with two attached hydrogens (primary N) is 2. The third kappa shape index (κ3) is 2.00. The molecular formula is C8H9ClN6S. The van der Waals surface area contributed by atoms with Crippen LogP contribution in [0.4, 0.5) is 0 Å². The van der Waals surface area contributed by atoms with Gasteiger partial charge in [0.2, 0.25) is 5.96 Å². The van der Waals surface area contributed by atoms with Gasteiger partial charge in [-0.2, -0.15) is 5.10 Å². The lowest BCUT2D eigenvalue weighted by molar-refractivity contribution is 1.17. The van der Waals surface area contributed by atoms with Crippen LogP contribution in [-0.2, 0) is 0 Å². The lowest BCUT2D eigenvalue weighted by Gasteiger charge is -1.89. The van der Waals surface area contributed by atoms with Gasteiger partial charge < -0.3 is 11.5 Å². The molecule has 0 saturated heterocycles. The van der Waals surface area contributed by atoms with Gasteiger partial charge in [-0.1, -0.05) is 11.6 Å². The molecule has 0 radical (unpaired) electrons. The van der Waals surface area contributed by atoms with Crippen LogP contribution in [-0.4, -0.2) is 21.6 Å². The highest BCUT2D eigenvalue weighted by Gasteiger charge is 2.10. The van der Waals surface area contributed by atoms with E-state index in [0.717, 1.165) is 9.84 Å². The Kier molecular flexibility index (Phi) is 2.80. The first-order valence-corrected chi connectivity index (χ1v) is 5.53. The monoisotopic (exact) mass is 256 g/mol. The van der Waals surface area contributed by atoms with Gasteiger partial charge in [0.05, 0.1) is 6.21 Å². The van der Waals surface area contributed by atoms with Crippen LogP contribution in [0.5, 0.6) is 0 Å². The SMILES string of the molecule is Cc1cn2c(/C=N\N=C(N)N)c(Cl)nc2s1. The molecule has 0 aliphatic heterocycles. The molecule has 84 valence electrons. The Labute approximate surface area is 100 Å². The number of rotatable bonds is 2. The lowest BCUT2D eigenvalue weighted by atomic mass is 10.5. The van der Waals surface area contributed by atoms with E-state index >= 15 is 0 Å². The molecule has 2 aromatic rings. The second-order valence-electron chi connectivity index (χ2n) is 3.05. The first-order valence-electron chi connectivity index (χ1n) is 4.34. The number of aromatic nitrogens is 2. The highest BCUT2D eigenvalue weighted by molar-refractivity contribution is 7.17. The molecule has 0 saturated carbocycles. The minimum Gasteiger partial charge on any atom is -0.369 e. The molecule has 0 amide bonds. The summed E-state index contributed by atoms with van der Waals surface area (Å²) < 4.78 is 1.84. The Morgan fingerprint density at radius 2 is 2.38 bits per heavy atom. The van der Waals surface area contributed by atoms with E-state index < -0.39 is 0 Å². The molecule has 2 aromatic heterocycles. The van der Waals surface area contributed by atoms with Crippen LogP contribution in [0.15, 0.2) is 16.4 Å². The second-order valence-corrected chi connectivity index (χ2v) is 4.62. The molecule has 8 heteroatoms. The smallest absolute Gasteiger partial charge is 0.211 e. The summed E-state index contributed by atoms with van der Waals surface area (Å²) in [5.74, 6) is -0.102. The summed E-state index contributed by atoms with van der Waals surface area (Å²) in [7, 11) is 0. The number of imidazole rings is 1. The summed E-state index contributed by atoms with van der Waals surface area (Å²) >= 11 is 7.50. The van der Waals surface area contributed by atoms with Crippen LogP contribution < -0.4 is 11.5 Å². The molecule has 4 N–H and O–H groups in total. The fourth-order valence-electron chi connectivity index (χ4n) is 1.21. The van der Waals surface area contributed by atoms with Crippen molar-refractivity contribution in [3.05, 3.63) is 21.9 Å². The summed E-state index contributed by atoms with van der Waals surface area (Å²) in [4.78, 5) is 6.12. The summed E-state index contributed by atoms with van der Waals surface area (Å²) in [6.07, 6.45) is 3.39. The van der Waals surface area contributed by atoms with Gasteiger partial charge in [0.15, 0.2) is 10.1 Å². The maximum Gasteiger partial charge on any atom is 0.211 e. The van der Waals surface area contributed by atoms with E-state index in [1.165, 1.54) is 6.21 Å². The summed E-state index contributed by atoms with van der Waals surface area (Å²) in [5.41, 5.74) is 11.0. The molecule has 0 aliphatic rings. The summed E-state index contributed by atoms with van der Waals surface area (Å²) in [5, 5.41) is 7.58. The predicted octanol–water partition coefficient (Wildman–Crippen LogP) is 0.965. The molecule has 0 aliphatic carbocycles. The minimum absolute atomic E-state index is 0.102. The van der Waals surface area contributed by atoms with Crippen molar-refractivity contribution in [2.75, 3.05) is 0 Å². The van der Waals surface area contributed by atoms with E-state index in [1.807, 2.05) is 17.5 Å². The van der Waals surface area contributed by atoms with E-state index in [1.54, 1.807) is 11.3 Å².